The van der Waals surface area contributed by atoms with E-state index in [-0.39, 0.29) is 11.0 Å². The molecule has 3 aromatic rings. The van der Waals surface area contributed by atoms with E-state index in [0.29, 0.717) is 27.9 Å². The Morgan fingerprint density at radius 2 is 1.80 bits per heavy atom. The molecule has 0 fully saturated rings. The monoisotopic (exact) mass is 290 g/mol. The van der Waals surface area contributed by atoms with Gasteiger partial charge in [0, 0.05) is 17.0 Å². The van der Waals surface area contributed by atoms with Crippen molar-refractivity contribution in [3.63, 3.8) is 0 Å². The van der Waals surface area contributed by atoms with Crippen molar-refractivity contribution in [1.29, 1.82) is 0 Å². The van der Waals surface area contributed by atoms with E-state index in [1.54, 1.807) is 19.1 Å². The molecule has 100 valence electrons. The van der Waals surface area contributed by atoms with Gasteiger partial charge in [0.2, 0.25) is 0 Å². The van der Waals surface area contributed by atoms with Gasteiger partial charge >= 0.3 is 0 Å². The van der Waals surface area contributed by atoms with Crippen LogP contribution in [0.5, 0.6) is 0 Å². The molecule has 0 aliphatic carbocycles. The second-order valence-electron chi connectivity index (χ2n) is 4.46. The maximum absolute atomic E-state index is 13.3. The summed E-state index contributed by atoms with van der Waals surface area (Å²) in [6, 6.07) is 8.68. The molecule has 5 heteroatoms. The lowest BCUT2D eigenvalue weighted by Gasteiger charge is -2.06. The fourth-order valence-corrected chi connectivity index (χ4v) is 2.22. The number of fused-ring (bicyclic) bond motifs is 1. The second-order valence-corrected chi connectivity index (χ2v) is 4.82. The van der Waals surface area contributed by atoms with Crippen LogP contribution in [0.25, 0.3) is 22.3 Å². The smallest absolute Gasteiger partial charge is 0.161 e. The Kier molecular flexibility index (Phi) is 3.10. The van der Waals surface area contributed by atoms with Gasteiger partial charge in [-0.05, 0) is 42.8 Å². The lowest BCUT2D eigenvalue weighted by atomic mass is 10.1. The number of aromatic nitrogens is 2. The number of benzene rings is 2. The fraction of sp³-hybridized carbons (Fsp3) is 0.0667. The topological polar surface area (TPSA) is 25.8 Å². The molecule has 0 spiro atoms. The molecule has 0 aliphatic heterocycles. The van der Waals surface area contributed by atoms with Crippen molar-refractivity contribution >= 4 is 22.5 Å². The summed E-state index contributed by atoms with van der Waals surface area (Å²) in [5.41, 5.74) is 1.54. The highest BCUT2D eigenvalue weighted by Gasteiger charge is 2.10. The van der Waals surface area contributed by atoms with E-state index >= 15 is 0 Å². The lowest BCUT2D eigenvalue weighted by Crippen LogP contribution is -1.94. The number of rotatable bonds is 1. The summed E-state index contributed by atoms with van der Waals surface area (Å²) in [4.78, 5) is 8.46. The highest BCUT2D eigenvalue weighted by molar-refractivity contribution is 6.34. The van der Waals surface area contributed by atoms with Crippen LogP contribution in [0.2, 0.25) is 5.15 Å². The summed E-state index contributed by atoms with van der Waals surface area (Å²) in [6.45, 7) is 1.65. The summed E-state index contributed by atoms with van der Waals surface area (Å²) in [5, 5.41) is 0.822. The van der Waals surface area contributed by atoms with Crippen LogP contribution in [0.15, 0.2) is 36.4 Å². The van der Waals surface area contributed by atoms with Crippen LogP contribution >= 0.6 is 11.6 Å². The van der Waals surface area contributed by atoms with E-state index in [1.165, 1.54) is 24.3 Å². The molecule has 2 aromatic carbocycles. The van der Waals surface area contributed by atoms with E-state index < -0.39 is 5.82 Å². The van der Waals surface area contributed by atoms with Crippen molar-refractivity contribution in [2.24, 2.45) is 0 Å². The first kappa shape index (κ1) is 12.9. The number of halogens is 3. The molecule has 0 N–H and O–H groups in total. The van der Waals surface area contributed by atoms with Crippen LogP contribution in [-0.2, 0) is 0 Å². The first-order valence-corrected chi connectivity index (χ1v) is 6.32. The number of nitrogens with zero attached hydrogens (tertiary/aromatic N) is 2. The predicted molar refractivity (Wildman–Crippen MR) is 74.6 cm³/mol. The van der Waals surface area contributed by atoms with Gasteiger partial charge in [0.25, 0.3) is 0 Å². The standard InChI is InChI=1S/C15H9ClF2N2/c1-8-6-9(2-5-12(8)18)15-19-13-7-10(17)3-4-11(13)14(16)20-15/h2-7H,1H3. The molecule has 1 heterocycles. The number of hydrogen-bond acceptors (Lipinski definition) is 2. The quantitative estimate of drug-likeness (QED) is 0.615. The Morgan fingerprint density at radius 1 is 1.00 bits per heavy atom. The Hall–Kier alpha value is -2.07. The summed E-state index contributed by atoms with van der Waals surface area (Å²) in [5.74, 6) is -0.351. The molecule has 2 nitrogen and oxygen atoms in total. The summed E-state index contributed by atoms with van der Waals surface area (Å²) >= 11 is 6.09. The molecule has 0 saturated carbocycles. The van der Waals surface area contributed by atoms with E-state index in [9.17, 15) is 8.78 Å². The van der Waals surface area contributed by atoms with Gasteiger partial charge in [0.1, 0.15) is 16.8 Å². The van der Waals surface area contributed by atoms with E-state index in [1.807, 2.05) is 0 Å². The molecule has 1 aromatic heterocycles. The molecule has 3 rings (SSSR count). The average molecular weight is 291 g/mol. The molecular formula is C15H9ClF2N2. The van der Waals surface area contributed by atoms with Gasteiger partial charge in [-0.1, -0.05) is 11.6 Å². The van der Waals surface area contributed by atoms with E-state index in [0.717, 1.165) is 0 Å². The highest BCUT2D eigenvalue weighted by atomic mass is 35.5. The number of aryl methyl sites for hydroxylation is 1. The van der Waals surface area contributed by atoms with Gasteiger partial charge in [0.05, 0.1) is 5.52 Å². The summed E-state index contributed by atoms with van der Waals surface area (Å²) in [6.07, 6.45) is 0. The minimum Gasteiger partial charge on any atom is -0.228 e. The maximum Gasteiger partial charge on any atom is 0.161 e. The van der Waals surface area contributed by atoms with Crippen LogP contribution in [0.3, 0.4) is 0 Å². The van der Waals surface area contributed by atoms with Crippen LogP contribution in [-0.4, -0.2) is 9.97 Å². The summed E-state index contributed by atoms with van der Waals surface area (Å²) in [7, 11) is 0. The van der Waals surface area contributed by atoms with Crippen molar-refractivity contribution in [2.45, 2.75) is 6.92 Å². The summed E-state index contributed by atoms with van der Waals surface area (Å²) < 4.78 is 26.5. The van der Waals surface area contributed by atoms with Gasteiger partial charge < -0.3 is 0 Å². The first-order valence-electron chi connectivity index (χ1n) is 5.94. The molecule has 0 atom stereocenters. The molecule has 0 unspecified atom stereocenters. The Labute approximate surface area is 119 Å². The third-order valence-corrected chi connectivity index (χ3v) is 3.32. The Bertz CT molecular complexity index is 818. The molecule has 0 aliphatic rings. The normalized spacial score (nSPS) is 11.0. The lowest BCUT2D eigenvalue weighted by molar-refractivity contribution is 0.618. The zero-order chi connectivity index (χ0) is 14.3. The first-order chi connectivity index (χ1) is 9.54. The average Bonchev–Trinajstić information content (AvgIpc) is 2.41. The third kappa shape index (κ3) is 2.23. The van der Waals surface area contributed by atoms with Gasteiger partial charge in [0.15, 0.2) is 5.82 Å². The Morgan fingerprint density at radius 3 is 2.55 bits per heavy atom. The van der Waals surface area contributed by atoms with Crippen molar-refractivity contribution in [2.75, 3.05) is 0 Å². The van der Waals surface area contributed by atoms with Crippen LogP contribution < -0.4 is 0 Å². The van der Waals surface area contributed by atoms with Gasteiger partial charge in [-0.2, -0.15) is 0 Å². The van der Waals surface area contributed by atoms with E-state index in [2.05, 4.69) is 9.97 Å². The minimum atomic E-state index is -0.395. The molecule has 0 bridgehead atoms. The van der Waals surface area contributed by atoms with Crippen molar-refractivity contribution in [3.8, 4) is 11.4 Å². The van der Waals surface area contributed by atoms with Gasteiger partial charge in [-0.25, -0.2) is 18.7 Å². The van der Waals surface area contributed by atoms with Crippen molar-refractivity contribution in [3.05, 3.63) is 58.7 Å². The largest absolute Gasteiger partial charge is 0.228 e. The second kappa shape index (κ2) is 4.80. The van der Waals surface area contributed by atoms with E-state index in [4.69, 9.17) is 11.6 Å². The molecule has 0 radical (unpaired) electrons. The Balaban J connectivity index is 2.23. The van der Waals surface area contributed by atoms with Crippen molar-refractivity contribution < 1.29 is 8.78 Å². The SMILES string of the molecule is Cc1cc(-c2nc(Cl)c3ccc(F)cc3n2)ccc1F. The number of hydrogen-bond donors (Lipinski definition) is 0. The highest BCUT2D eigenvalue weighted by Crippen LogP contribution is 2.26. The third-order valence-electron chi connectivity index (χ3n) is 3.03. The predicted octanol–water partition coefficient (Wildman–Crippen LogP) is 4.54. The zero-order valence-corrected chi connectivity index (χ0v) is 11.2. The minimum absolute atomic E-state index is 0.243. The zero-order valence-electron chi connectivity index (χ0n) is 10.5. The van der Waals surface area contributed by atoms with Crippen LogP contribution in [0.1, 0.15) is 5.56 Å². The molecule has 0 saturated heterocycles. The fourth-order valence-electron chi connectivity index (χ4n) is 1.98. The molecule has 0 amide bonds. The van der Waals surface area contributed by atoms with Gasteiger partial charge in [-0.3, -0.25) is 0 Å². The molecular weight excluding hydrogens is 282 g/mol. The molecule has 20 heavy (non-hydrogen) atoms. The van der Waals surface area contributed by atoms with Gasteiger partial charge in [-0.15, -0.1) is 0 Å². The van der Waals surface area contributed by atoms with Crippen LogP contribution in [0, 0.1) is 18.6 Å². The van der Waals surface area contributed by atoms with Crippen molar-refractivity contribution in [1.82, 2.24) is 9.97 Å². The maximum atomic E-state index is 13.3. The van der Waals surface area contributed by atoms with Crippen LogP contribution in [0.4, 0.5) is 8.78 Å².